The summed E-state index contributed by atoms with van der Waals surface area (Å²) >= 11 is 7.78. The maximum absolute atomic E-state index is 6.02. The van der Waals surface area contributed by atoms with Gasteiger partial charge in [-0.05, 0) is 30.5 Å². The predicted molar refractivity (Wildman–Crippen MR) is 96.8 cm³/mol. The van der Waals surface area contributed by atoms with Crippen LogP contribution in [0.2, 0.25) is 5.02 Å². The lowest BCUT2D eigenvalue weighted by Crippen LogP contribution is -2.41. The molecule has 0 saturated carbocycles. The van der Waals surface area contributed by atoms with Crippen LogP contribution in [0, 0.1) is 0 Å². The molecule has 0 unspecified atom stereocenters. The third-order valence-electron chi connectivity index (χ3n) is 4.28. The Bertz CT molecular complexity index is 585. The van der Waals surface area contributed by atoms with Crippen molar-refractivity contribution in [1.29, 1.82) is 0 Å². The van der Waals surface area contributed by atoms with E-state index >= 15 is 0 Å². The maximum Gasteiger partial charge on any atom is 0.0954 e. The van der Waals surface area contributed by atoms with Crippen LogP contribution in [-0.2, 0) is 12.1 Å². The zero-order valence-corrected chi connectivity index (χ0v) is 15.4. The molecule has 2 rings (SSSR count). The Kier molecular flexibility index (Phi) is 6.01. The summed E-state index contributed by atoms with van der Waals surface area (Å²) in [7, 11) is 0. The lowest BCUT2D eigenvalue weighted by atomic mass is 9.84. The van der Waals surface area contributed by atoms with Crippen LogP contribution in [0.3, 0.4) is 0 Å². The van der Waals surface area contributed by atoms with E-state index in [0.29, 0.717) is 5.92 Å². The number of aromatic nitrogens is 1. The van der Waals surface area contributed by atoms with Crippen molar-refractivity contribution in [2.75, 3.05) is 0 Å². The van der Waals surface area contributed by atoms with Gasteiger partial charge >= 0.3 is 0 Å². The van der Waals surface area contributed by atoms with E-state index in [1.807, 2.05) is 12.1 Å². The minimum atomic E-state index is -0.0216. The summed E-state index contributed by atoms with van der Waals surface area (Å²) in [6, 6.07) is 8.20. The standard InChI is InChI=1S/C18H25ClN2S/c1-5-18(6-2,14-7-9-15(19)10-8-14)20-11-16-12-22-17(21-16)13(3)4/h7-10,12-13,20H,5-6,11H2,1-4H3. The van der Waals surface area contributed by atoms with E-state index in [1.54, 1.807) is 11.3 Å². The lowest BCUT2D eigenvalue weighted by molar-refractivity contribution is 0.304. The molecular formula is C18H25ClN2S. The fraction of sp³-hybridized carbons (Fsp3) is 0.500. The van der Waals surface area contributed by atoms with Gasteiger partial charge in [-0.15, -0.1) is 11.3 Å². The highest BCUT2D eigenvalue weighted by molar-refractivity contribution is 7.09. The van der Waals surface area contributed by atoms with E-state index in [9.17, 15) is 0 Å². The molecule has 0 saturated heterocycles. The van der Waals surface area contributed by atoms with Crippen molar-refractivity contribution < 1.29 is 0 Å². The SMILES string of the molecule is CCC(CC)(NCc1csc(C(C)C)n1)c1ccc(Cl)cc1. The summed E-state index contributed by atoms with van der Waals surface area (Å²) in [6.45, 7) is 9.63. The summed E-state index contributed by atoms with van der Waals surface area (Å²) < 4.78 is 0. The number of halogens is 1. The maximum atomic E-state index is 6.02. The Hall–Kier alpha value is -0.900. The molecule has 1 aromatic heterocycles. The molecule has 2 aromatic rings. The molecule has 0 amide bonds. The second-order valence-electron chi connectivity index (χ2n) is 5.98. The van der Waals surface area contributed by atoms with Crippen molar-refractivity contribution >= 4 is 22.9 Å². The molecule has 0 aliphatic carbocycles. The molecule has 1 aromatic carbocycles. The fourth-order valence-corrected chi connectivity index (χ4v) is 3.67. The Morgan fingerprint density at radius 3 is 2.32 bits per heavy atom. The highest BCUT2D eigenvalue weighted by Crippen LogP contribution is 2.30. The van der Waals surface area contributed by atoms with E-state index in [4.69, 9.17) is 16.6 Å². The Balaban J connectivity index is 2.15. The quantitative estimate of drug-likeness (QED) is 0.698. The second-order valence-corrected chi connectivity index (χ2v) is 7.31. The number of rotatable bonds is 7. The van der Waals surface area contributed by atoms with Gasteiger partial charge in [0.2, 0.25) is 0 Å². The fourth-order valence-electron chi connectivity index (χ4n) is 2.71. The number of benzene rings is 1. The largest absolute Gasteiger partial charge is 0.302 e. The normalized spacial score (nSPS) is 12.1. The van der Waals surface area contributed by atoms with E-state index in [0.717, 1.165) is 30.1 Å². The van der Waals surface area contributed by atoms with Gasteiger partial charge < -0.3 is 5.32 Å². The van der Waals surface area contributed by atoms with Crippen LogP contribution in [0.4, 0.5) is 0 Å². The molecule has 0 radical (unpaired) electrons. The average molecular weight is 337 g/mol. The van der Waals surface area contributed by atoms with Crippen molar-refractivity contribution in [2.24, 2.45) is 0 Å². The smallest absolute Gasteiger partial charge is 0.0954 e. The van der Waals surface area contributed by atoms with Gasteiger partial charge in [-0.1, -0.05) is 51.4 Å². The van der Waals surface area contributed by atoms with Crippen molar-refractivity contribution in [3.8, 4) is 0 Å². The van der Waals surface area contributed by atoms with Crippen LogP contribution >= 0.6 is 22.9 Å². The molecule has 22 heavy (non-hydrogen) atoms. The van der Waals surface area contributed by atoms with Crippen LogP contribution in [0.25, 0.3) is 0 Å². The van der Waals surface area contributed by atoms with Gasteiger partial charge in [-0.3, -0.25) is 0 Å². The first-order valence-corrected chi connectivity index (χ1v) is 9.22. The Labute approximate surface area is 142 Å². The third-order valence-corrected chi connectivity index (χ3v) is 5.72. The monoisotopic (exact) mass is 336 g/mol. The molecule has 0 fully saturated rings. The van der Waals surface area contributed by atoms with Gasteiger partial charge in [0.1, 0.15) is 0 Å². The van der Waals surface area contributed by atoms with Crippen molar-refractivity contribution in [1.82, 2.24) is 10.3 Å². The summed E-state index contributed by atoms with van der Waals surface area (Å²) in [6.07, 6.45) is 2.07. The van der Waals surface area contributed by atoms with Crippen molar-refractivity contribution in [3.05, 3.63) is 50.9 Å². The molecule has 0 spiro atoms. The molecule has 1 heterocycles. The average Bonchev–Trinajstić information content (AvgIpc) is 2.99. The minimum Gasteiger partial charge on any atom is -0.302 e. The van der Waals surface area contributed by atoms with E-state index in [-0.39, 0.29) is 5.54 Å². The summed E-state index contributed by atoms with van der Waals surface area (Å²) in [5, 5.41) is 7.90. The summed E-state index contributed by atoms with van der Waals surface area (Å²) in [5.74, 6) is 0.497. The molecule has 0 bridgehead atoms. The second kappa shape index (κ2) is 7.58. The number of nitrogens with zero attached hydrogens (tertiary/aromatic N) is 1. The molecule has 0 atom stereocenters. The molecule has 4 heteroatoms. The highest BCUT2D eigenvalue weighted by Gasteiger charge is 2.27. The van der Waals surface area contributed by atoms with Gasteiger partial charge in [-0.25, -0.2) is 4.98 Å². The third kappa shape index (κ3) is 3.89. The van der Waals surface area contributed by atoms with Crippen LogP contribution < -0.4 is 5.32 Å². The first-order chi connectivity index (χ1) is 10.5. The van der Waals surface area contributed by atoms with E-state index < -0.39 is 0 Å². The number of hydrogen-bond donors (Lipinski definition) is 1. The number of thiazole rings is 1. The zero-order valence-electron chi connectivity index (χ0n) is 13.8. The summed E-state index contributed by atoms with van der Waals surface area (Å²) in [5.41, 5.74) is 2.40. The Morgan fingerprint density at radius 2 is 1.82 bits per heavy atom. The number of hydrogen-bond acceptors (Lipinski definition) is 3. The molecule has 2 nitrogen and oxygen atoms in total. The molecule has 120 valence electrons. The van der Waals surface area contributed by atoms with Crippen LogP contribution in [-0.4, -0.2) is 4.98 Å². The van der Waals surface area contributed by atoms with Crippen molar-refractivity contribution in [3.63, 3.8) is 0 Å². The van der Waals surface area contributed by atoms with Crippen LogP contribution in [0.15, 0.2) is 29.6 Å². The lowest BCUT2D eigenvalue weighted by Gasteiger charge is -2.33. The first kappa shape index (κ1) is 17.5. The van der Waals surface area contributed by atoms with Gasteiger partial charge in [0, 0.05) is 28.4 Å². The minimum absolute atomic E-state index is 0.0216. The van der Waals surface area contributed by atoms with E-state index in [1.165, 1.54) is 10.6 Å². The van der Waals surface area contributed by atoms with Gasteiger partial charge in [0.05, 0.1) is 10.7 Å². The van der Waals surface area contributed by atoms with Gasteiger partial charge in [-0.2, -0.15) is 0 Å². The van der Waals surface area contributed by atoms with Crippen LogP contribution in [0.5, 0.6) is 0 Å². The molecule has 1 N–H and O–H groups in total. The molecule has 0 aliphatic rings. The first-order valence-electron chi connectivity index (χ1n) is 7.96. The predicted octanol–water partition coefficient (Wildman–Crippen LogP) is 5.73. The zero-order chi connectivity index (χ0) is 16.2. The molecular weight excluding hydrogens is 312 g/mol. The summed E-state index contributed by atoms with van der Waals surface area (Å²) in [4.78, 5) is 4.72. The number of nitrogens with one attached hydrogen (secondary N) is 1. The van der Waals surface area contributed by atoms with Crippen molar-refractivity contribution in [2.45, 2.75) is 58.5 Å². The van der Waals surface area contributed by atoms with E-state index in [2.05, 4.69) is 50.5 Å². The van der Waals surface area contributed by atoms with Crippen LogP contribution in [0.1, 0.15) is 62.7 Å². The van der Waals surface area contributed by atoms with Gasteiger partial charge in [0.25, 0.3) is 0 Å². The van der Waals surface area contributed by atoms with Gasteiger partial charge in [0.15, 0.2) is 0 Å². The topological polar surface area (TPSA) is 24.9 Å². The Morgan fingerprint density at radius 1 is 1.18 bits per heavy atom. The highest BCUT2D eigenvalue weighted by atomic mass is 35.5. The molecule has 0 aliphatic heterocycles.